The highest BCUT2D eigenvalue weighted by Crippen LogP contribution is 2.42. The van der Waals surface area contributed by atoms with Gasteiger partial charge < -0.3 is 9.79 Å². The maximum atomic E-state index is 11.4. The highest BCUT2D eigenvalue weighted by atomic mass is 31.2. The Kier molecular flexibility index (Phi) is 9.78. The third kappa shape index (κ3) is 8.69. The molecule has 0 bridgehead atoms. The van der Waals surface area contributed by atoms with Gasteiger partial charge in [-0.2, -0.15) is 0 Å². The number of benzene rings is 1. The molecule has 0 heterocycles. The van der Waals surface area contributed by atoms with Crippen LogP contribution >= 0.6 is 7.60 Å². The largest absolute Gasteiger partial charge is 0.329 e. The summed E-state index contributed by atoms with van der Waals surface area (Å²) < 4.78 is 11.4. The van der Waals surface area contributed by atoms with E-state index < -0.39 is 7.60 Å². The summed E-state index contributed by atoms with van der Waals surface area (Å²) in [6.07, 6.45) is 10.7. The first-order chi connectivity index (χ1) is 11.0. The molecule has 3 nitrogen and oxygen atoms in total. The Morgan fingerprint density at radius 2 is 1.52 bits per heavy atom. The van der Waals surface area contributed by atoms with E-state index in [-0.39, 0.29) is 6.16 Å². The van der Waals surface area contributed by atoms with Crippen molar-refractivity contribution in [2.45, 2.75) is 83.7 Å². The molecule has 0 radical (unpaired) electrons. The van der Waals surface area contributed by atoms with Crippen LogP contribution in [0.3, 0.4) is 0 Å². The first-order valence-electron chi connectivity index (χ1n) is 9.10. The molecule has 1 rings (SSSR count). The van der Waals surface area contributed by atoms with Crippen LogP contribution in [-0.2, 0) is 10.7 Å². The standard InChI is InChI=1S/C19H33O3P/c1-3-5-7-8-9-13-17(12-6-4-2)19-15-11-10-14-18(19)16-23(20,21)22/h10-11,14-15,17H,3-9,12-13,16H2,1-2H3,(H2,20,21,22). The molecule has 1 aromatic carbocycles. The summed E-state index contributed by atoms with van der Waals surface area (Å²) in [5.74, 6) is 0.430. The summed E-state index contributed by atoms with van der Waals surface area (Å²) in [4.78, 5) is 18.7. The zero-order chi connectivity index (χ0) is 17.1. The molecule has 1 aromatic rings. The molecule has 0 fully saturated rings. The fourth-order valence-corrected chi connectivity index (χ4v) is 3.93. The van der Waals surface area contributed by atoms with Gasteiger partial charge in [0.15, 0.2) is 0 Å². The number of hydrogen-bond donors (Lipinski definition) is 2. The van der Waals surface area contributed by atoms with Crippen LogP contribution in [0.5, 0.6) is 0 Å². The highest BCUT2D eigenvalue weighted by molar-refractivity contribution is 7.50. The van der Waals surface area contributed by atoms with Gasteiger partial charge in [-0.3, -0.25) is 4.57 Å². The van der Waals surface area contributed by atoms with E-state index >= 15 is 0 Å². The first kappa shape index (κ1) is 20.4. The van der Waals surface area contributed by atoms with Crippen molar-refractivity contribution in [2.24, 2.45) is 0 Å². The Balaban J connectivity index is 2.78. The Morgan fingerprint density at radius 3 is 2.17 bits per heavy atom. The van der Waals surface area contributed by atoms with Crippen molar-refractivity contribution in [2.75, 3.05) is 0 Å². The number of unbranched alkanes of at least 4 members (excludes halogenated alkanes) is 5. The molecule has 0 aromatic heterocycles. The SMILES string of the molecule is CCCCCCCC(CCCC)c1ccccc1CP(=O)(O)O. The zero-order valence-corrected chi connectivity index (χ0v) is 15.6. The van der Waals surface area contributed by atoms with Gasteiger partial charge in [-0.15, -0.1) is 0 Å². The summed E-state index contributed by atoms with van der Waals surface area (Å²) in [5, 5.41) is 0. The van der Waals surface area contributed by atoms with E-state index in [4.69, 9.17) is 0 Å². The zero-order valence-electron chi connectivity index (χ0n) is 14.7. The molecule has 2 N–H and O–H groups in total. The van der Waals surface area contributed by atoms with Gasteiger partial charge in [0.25, 0.3) is 0 Å². The predicted molar refractivity (Wildman–Crippen MR) is 97.8 cm³/mol. The van der Waals surface area contributed by atoms with Crippen molar-refractivity contribution < 1.29 is 14.4 Å². The first-order valence-corrected chi connectivity index (χ1v) is 10.9. The van der Waals surface area contributed by atoms with Crippen LogP contribution in [0.1, 0.15) is 88.7 Å². The van der Waals surface area contributed by atoms with Gasteiger partial charge in [-0.25, -0.2) is 0 Å². The molecule has 1 atom stereocenters. The minimum atomic E-state index is -4.02. The van der Waals surface area contributed by atoms with E-state index in [1.54, 1.807) is 0 Å². The summed E-state index contributed by atoms with van der Waals surface area (Å²) >= 11 is 0. The topological polar surface area (TPSA) is 57.5 Å². The minimum absolute atomic E-state index is 0.137. The van der Waals surface area contributed by atoms with Crippen LogP contribution in [0.4, 0.5) is 0 Å². The summed E-state index contributed by atoms with van der Waals surface area (Å²) in [6.45, 7) is 4.42. The molecule has 4 heteroatoms. The third-order valence-electron chi connectivity index (χ3n) is 4.43. The molecule has 0 saturated heterocycles. The lowest BCUT2D eigenvalue weighted by atomic mass is 9.86. The van der Waals surface area contributed by atoms with Crippen LogP contribution in [0, 0.1) is 0 Å². The number of rotatable bonds is 12. The fourth-order valence-electron chi connectivity index (χ4n) is 3.20. The molecule has 0 spiro atoms. The maximum absolute atomic E-state index is 11.4. The van der Waals surface area contributed by atoms with Gasteiger partial charge >= 0.3 is 7.60 Å². The van der Waals surface area contributed by atoms with Crippen LogP contribution in [0.2, 0.25) is 0 Å². The van der Waals surface area contributed by atoms with Crippen LogP contribution < -0.4 is 0 Å². The van der Waals surface area contributed by atoms with Crippen molar-refractivity contribution in [1.29, 1.82) is 0 Å². The van der Waals surface area contributed by atoms with Crippen molar-refractivity contribution >= 4 is 7.60 Å². The lowest BCUT2D eigenvalue weighted by Crippen LogP contribution is -2.04. The van der Waals surface area contributed by atoms with Crippen molar-refractivity contribution in [3.05, 3.63) is 35.4 Å². The molecule has 23 heavy (non-hydrogen) atoms. The normalized spacial score (nSPS) is 13.2. The van der Waals surface area contributed by atoms with Crippen LogP contribution in [0.15, 0.2) is 24.3 Å². The van der Waals surface area contributed by atoms with Crippen LogP contribution in [-0.4, -0.2) is 9.79 Å². The van der Waals surface area contributed by atoms with Crippen LogP contribution in [0.25, 0.3) is 0 Å². The third-order valence-corrected chi connectivity index (χ3v) is 5.19. The summed E-state index contributed by atoms with van der Waals surface area (Å²) in [6, 6.07) is 7.82. The van der Waals surface area contributed by atoms with E-state index in [1.807, 2.05) is 18.2 Å². The molecule has 0 amide bonds. The molecule has 0 aliphatic heterocycles. The van der Waals surface area contributed by atoms with Crippen molar-refractivity contribution in [1.82, 2.24) is 0 Å². The molecular weight excluding hydrogens is 307 g/mol. The second kappa shape index (κ2) is 11.0. The van der Waals surface area contributed by atoms with Crippen molar-refractivity contribution in [3.8, 4) is 0 Å². The Morgan fingerprint density at radius 1 is 0.913 bits per heavy atom. The lowest BCUT2D eigenvalue weighted by molar-refractivity contribution is 0.371. The van der Waals surface area contributed by atoms with E-state index in [0.29, 0.717) is 5.92 Å². The molecular formula is C19H33O3P. The summed E-state index contributed by atoms with van der Waals surface area (Å²) in [7, 11) is -4.02. The lowest BCUT2D eigenvalue weighted by Gasteiger charge is -2.21. The van der Waals surface area contributed by atoms with E-state index in [9.17, 15) is 14.4 Å². The van der Waals surface area contributed by atoms with E-state index in [1.165, 1.54) is 38.5 Å². The Labute approximate surface area is 141 Å². The monoisotopic (exact) mass is 340 g/mol. The average molecular weight is 340 g/mol. The van der Waals surface area contributed by atoms with Gasteiger partial charge in [0.1, 0.15) is 0 Å². The van der Waals surface area contributed by atoms with E-state index in [2.05, 4.69) is 19.9 Å². The second-order valence-electron chi connectivity index (χ2n) is 6.56. The highest BCUT2D eigenvalue weighted by Gasteiger charge is 2.20. The van der Waals surface area contributed by atoms with Gasteiger partial charge in [0.05, 0.1) is 6.16 Å². The maximum Gasteiger partial charge on any atom is 0.329 e. The van der Waals surface area contributed by atoms with Gasteiger partial charge in [0, 0.05) is 0 Å². The summed E-state index contributed by atoms with van der Waals surface area (Å²) in [5.41, 5.74) is 1.98. The average Bonchev–Trinajstić information content (AvgIpc) is 2.49. The molecule has 0 saturated carbocycles. The molecule has 0 aliphatic carbocycles. The van der Waals surface area contributed by atoms with E-state index in [0.717, 1.165) is 30.4 Å². The Hall–Kier alpha value is -0.630. The second-order valence-corrected chi connectivity index (χ2v) is 8.21. The van der Waals surface area contributed by atoms with Gasteiger partial charge in [-0.05, 0) is 29.9 Å². The quantitative estimate of drug-likeness (QED) is 0.362. The minimum Gasteiger partial charge on any atom is -0.324 e. The molecule has 1 unspecified atom stereocenters. The Bertz CT molecular complexity index is 481. The molecule has 132 valence electrons. The van der Waals surface area contributed by atoms with Gasteiger partial charge in [-0.1, -0.05) is 83.1 Å². The smallest absolute Gasteiger partial charge is 0.324 e. The fraction of sp³-hybridized carbons (Fsp3) is 0.684. The number of hydrogen-bond acceptors (Lipinski definition) is 1. The predicted octanol–water partition coefficient (Wildman–Crippen LogP) is 6.00. The van der Waals surface area contributed by atoms with Crippen molar-refractivity contribution in [3.63, 3.8) is 0 Å². The molecule has 0 aliphatic rings. The van der Waals surface area contributed by atoms with Gasteiger partial charge in [0.2, 0.25) is 0 Å².